The molecule has 11 heteroatoms. The van der Waals surface area contributed by atoms with E-state index in [1.807, 2.05) is 29.1 Å². The van der Waals surface area contributed by atoms with Crippen molar-refractivity contribution >= 4 is 28.5 Å². The van der Waals surface area contributed by atoms with Crippen LogP contribution in [0.15, 0.2) is 43.0 Å². The predicted molar refractivity (Wildman–Crippen MR) is 130 cm³/mol. The summed E-state index contributed by atoms with van der Waals surface area (Å²) in [5.41, 5.74) is 2.38. The molecule has 2 saturated heterocycles. The van der Waals surface area contributed by atoms with Gasteiger partial charge in [-0.15, -0.1) is 0 Å². The number of aliphatic hydroxyl groups is 1. The Balaban J connectivity index is 1.20. The zero-order valence-corrected chi connectivity index (χ0v) is 19.2. The van der Waals surface area contributed by atoms with Crippen LogP contribution in [0.25, 0.3) is 22.2 Å². The minimum absolute atomic E-state index is 0.159. The maximum Gasteiger partial charge on any atom is 0.228 e. The Kier molecular flexibility index (Phi) is 5.71. The molecule has 0 atom stereocenters. The van der Waals surface area contributed by atoms with Crippen LogP contribution in [0.3, 0.4) is 0 Å². The molecule has 180 valence electrons. The monoisotopic (exact) mass is 475 g/mol. The van der Waals surface area contributed by atoms with Crippen molar-refractivity contribution in [3.63, 3.8) is 0 Å². The summed E-state index contributed by atoms with van der Waals surface area (Å²) < 4.78 is 16.6. The summed E-state index contributed by atoms with van der Waals surface area (Å²) in [7, 11) is 0. The average molecular weight is 476 g/mol. The summed E-state index contributed by atoms with van der Waals surface area (Å²) in [6.45, 7) is 4.50. The Morgan fingerprint density at radius 3 is 2.74 bits per heavy atom. The number of anilines is 3. The Labute approximate surface area is 201 Å². The number of hydrogen-bond donors (Lipinski definition) is 2. The molecule has 10 nitrogen and oxygen atoms in total. The van der Waals surface area contributed by atoms with E-state index in [0.29, 0.717) is 12.1 Å². The van der Waals surface area contributed by atoms with Crippen molar-refractivity contribution < 1.29 is 9.50 Å². The lowest BCUT2D eigenvalue weighted by atomic mass is 10.1. The van der Waals surface area contributed by atoms with Crippen LogP contribution in [0, 0.1) is 5.82 Å². The number of nitrogens with zero attached hydrogens (tertiary/aromatic N) is 8. The Morgan fingerprint density at radius 2 is 1.91 bits per heavy atom. The first-order valence-corrected chi connectivity index (χ1v) is 11.9. The third kappa shape index (κ3) is 4.40. The average Bonchev–Trinajstić information content (AvgIpc) is 3.54. The van der Waals surface area contributed by atoms with Crippen LogP contribution >= 0.6 is 0 Å². The fourth-order valence-electron chi connectivity index (χ4n) is 4.64. The van der Waals surface area contributed by atoms with Crippen LogP contribution in [-0.4, -0.2) is 79.1 Å². The summed E-state index contributed by atoms with van der Waals surface area (Å²) in [4.78, 5) is 22.1. The molecule has 2 fully saturated rings. The van der Waals surface area contributed by atoms with E-state index >= 15 is 0 Å². The van der Waals surface area contributed by atoms with Gasteiger partial charge in [0.1, 0.15) is 5.69 Å². The number of aromatic nitrogens is 6. The highest BCUT2D eigenvalue weighted by atomic mass is 19.1. The second-order valence-corrected chi connectivity index (χ2v) is 9.00. The lowest BCUT2D eigenvalue weighted by molar-refractivity contribution is 0.0774. The summed E-state index contributed by atoms with van der Waals surface area (Å²) in [5, 5.41) is 17.4. The standard InChI is InChI=1S/C24H26FN9O/c25-20-12-26-23(29-18-11-28-34(13-18)19-14-32(15-19)7-8-35)31-22(20)16-3-4-21-17(9-16)10-27-24(30-21)33-5-1-2-6-33/h3-4,9-13,19,35H,1-2,5-8,14-15H2,(H,26,29,31). The predicted octanol–water partition coefficient (Wildman–Crippen LogP) is 2.62. The van der Waals surface area contributed by atoms with Crippen molar-refractivity contribution in [1.29, 1.82) is 0 Å². The number of fused-ring (bicyclic) bond motifs is 1. The van der Waals surface area contributed by atoms with Gasteiger partial charge in [0.25, 0.3) is 0 Å². The molecule has 0 aliphatic carbocycles. The van der Waals surface area contributed by atoms with Gasteiger partial charge in [0, 0.05) is 56.1 Å². The smallest absolute Gasteiger partial charge is 0.228 e. The molecule has 0 radical (unpaired) electrons. The highest BCUT2D eigenvalue weighted by Crippen LogP contribution is 2.27. The minimum Gasteiger partial charge on any atom is -0.395 e. The van der Waals surface area contributed by atoms with Crippen molar-refractivity contribution in [1.82, 2.24) is 34.6 Å². The molecular weight excluding hydrogens is 449 g/mol. The van der Waals surface area contributed by atoms with E-state index in [1.165, 1.54) is 6.20 Å². The molecular formula is C24H26FN9O. The van der Waals surface area contributed by atoms with E-state index in [4.69, 9.17) is 5.11 Å². The number of nitrogens with one attached hydrogen (secondary N) is 1. The van der Waals surface area contributed by atoms with Gasteiger partial charge < -0.3 is 15.3 Å². The molecule has 35 heavy (non-hydrogen) atoms. The zero-order chi connectivity index (χ0) is 23.8. The summed E-state index contributed by atoms with van der Waals surface area (Å²) in [6, 6.07) is 5.83. The quantitative estimate of drug-likeness (QED) is 0.417. The lowest BCUT2D eigenvalue weighted by Crippen LogP contribution is -2.48. The van der Waals surface area contributed by atoms with Crippen LogP contribution in [0.2, 0.25) is 0 Å². The summed E-state index contributed by atoms with van der Waals surface area (Å²) >= 11 is 0. The highest BCUT2D eigenvalue weighted by Gasteiger charge is 2.28. The first-order valence-electron chi connectivity index (χ1n) is 11.9. The Morgan fingerprint density at radius 1 is 1.06 bits per heavy atom. The second kappa shape index (κ2) is 9.16. The second-order valence-electron chi connectivity index (χ2n) is 9.00. The van der Waals surface area contributed by atoms with E-state index in [2.05, 4.69) is 40.2 Å². The van der Waals surface area contributed by atoms with Gasteiger partial charge in [-0.05, 0) is 25.0 Å². The number of likely N-dealkylation sites (tertiary alicyclic amines) is 1. The maximum atomic E-state index is 14.7. The fraction of sp³-hybridized carbons (Fsp3) is 0.375. The molecule has 0 saturated carbocycles. The summed E-state index contributed by atoms with van der Waals surface area (Å²) in [5.74, 6) is 0.529. The topological polar surface area (TPSA) is 108 Å². The molecule has 6 rings (SSSR count). The SMILES string of the molecule is OCCN1CC(n2cc(Nc3ncc(F)c(-c4ccc5nc(N6CCCC6)ncc5c4)n3)cn2)C1. The van der Waals surface area contributed by atoms with Crippen molar-refractivity contribution in [2.75, 3.05) is 49.5 Å². The third-order valence-corrected chi connectivity index (χ3v) is 6.56. The van der Waals surface area contributed by atoms with Crippen LogP contribution in [0.1, 0.15) is 18.9 Å². The first-order chi connectivity index (χ1) is 17.2. The largest absolute Gasteiger partial charge is 0.395 e. The van der Waals surface area contributed by atoms with Crippen LogP contribution in [-0.2, 0) is 0 Å². The van der Waals surface area contributed by atoms with E-state index in [9.17, 15) is 4.39 Å². The highest BCUT2D eigenvalue weighted by molar-refractivity contribution is 5.84. The normalized spacial score (nSPS) is 16.7. The van der Waals surface area contributed by atoms with E-state index in [0.717, 1.165) is 61.6 Å². The van der Waals surface area contributed by atoms with Crippen LogP contribution in [0.5, 0.6) is 0 Å². The van der Waals surface area contributed by atoms with Gasteiger partial charge in [0.2, 0.25) is 11.9 Å². The fourth-order valence-corrected chi connectivity index (χ4v) is 4.64. The van der Waals surface area contributed by atoms with Gasteiger partial charge in [-0.2, -0.15) is 5.10 Å². The van der Waals surface area contributed by atoms with Crippen molar-refractivity contribution in [3.05, 3.63) is 48.8 Å². The molecule has 4 aromatic rings. The van der Waals surface area contributed by atoms with E-state index in [1.54, 1.807) is 12.4 Å². The molecule has 0 bridgehead atoms. The molecule has 1 aromatic carbocycles. The van der Waals surface area contributed by atoms with Gasteiger partial charge in [0.15, 0.2) is 5.82 Å². The number of halogens is 1. The third-order valence-electron chi connectivity index (χ3n) is 6.56. The number of aliphatic hydroxyl groups excluding tert-OH is 1. The van der Waals surface area contributed by atoms with Gasteiger partial charge in [-0.25, -0.2) is 24.3 Å². The van der Waals surface area contributed by atoms with Gasteiger partial charge in [-0.3, -0.25) is 9.58 Å². The molecule has 3 aromatic heterocycles. The Bertz CT molecular complexity index is 1350. The molecule has 0 unspecified atom stereocenters. The zero-order valence-electron chi connectivity index (χ0n) is 19.2. The lowest BCUT2D eigenvalue weighted by Gasteiger charge is -2.38. The molecule has 5 heterocycles. The van der Waals surface area contributed by atoms with Crippen molar-refractivity contribution in [3.8, 4) is 11.3 Å². The van der Waals surface area contributed by atoms with Crippen molar-refractivity contribution in [2.45, 2.75) is 18.9 Å². The molecule has 2 N–H and O–H groups in total. The molecule has 0 spiro atoms. The molecule has 2 aliphatic heterocycles. The maximum absolute atomic E-state index is 14.7. The summed E-state index contributed by atoms with van der Waals surface area (Å²) in [6.07, 6.45) is 8.87. The van der Waals surface area contributed by atoms with Crippen LogP contribution in [0.4, 0.5) is 22.0 Å². The van der Waals surface area contributed by atoms with Gasteiger partial charge >= 0.3 is 0 Å². The van der Waals surface area contributed by atoms with Gasteiger partial charge in [-0.1, -0.05) is 6.07 Å². The number of rotatable bonds is 7. The molecule has 2 aliphatic rings. The molecule has 0 amide bonds. The van der Waals surface area contributed by atoms with E-state index in [-0.39, 0.29) is 24.3 Å². The van der Waals surface area contributed by atoms with Gasteiger partial charge in [0.05, 0.1) is 36.2 Å². The minimum atomic E-state index is -0.501. The number of benzene rings is 1. The number of β-amino-alcohol motifs (C(OH)–C–C–N with tert-alkyl or cyclic N) is 1. The first kappa shape index (κ1) is 21.8. The number of hydrogen-bond acceptors (Lipinski definition) is 9. The van der Waals surface area contributed by atoms with Crippen molar-refractivity contribution in [2.24, 2.45) is 0 Å². The van der Waals surface area contributed by atoms with Crippen LogP contribution < -0.4 is 10.2 Å². The van der Waals surface area contributed by atoms with E-state index < -0.39 is 5.82 Å². The Hall–Kier alpha value is -3.70.